The lowest BCUT2D eigenvalue weighted by molar-refractivity contribution is -0.126. The van der Waals surface area contributed by atoms with E-state index in [9.17, 15) is 9.59 Å². The van der Waals surface area contributed by atoms with Crippen molar-refractivity contribution >= 4 is 11.8 Å². The zero-order chi connectivity index (χ0) is 18.6. The largest absolute Gasteiger partial charge is 0.355 e. The van der Waals surface area contributed by atoms with E-state index < -0.39 is 0 Å². The van der Waals surface area contributed by atoms with Gasteiger partial charge in [0.1, 0.15) is 0 Å². The van der Waals surface area contributed by atoms with Gasteiger partial charge in [-0.3, -0.25) is 9.59 Å². The molecule has 0 fully saturated rings. The van der Waals surface area contributed by atoms with E-state index in [1.807, 2.05) is 60.7 Å². The summed E-state index contributed by atoms with van der Waals surface area (Å²) in [6.45, 7) is 2.82. The number of rotatable bonds is 10. The number of carbonyl (C=O) groups excluding carboxylic acids is 2. The molecule has 2 N–H and O–H groups in total. The van der Waals surface area contributed by atoms with Gasteiger partial charge in [0.2, 0.25) is 11.8 Å². The van der Waals surface area contributed by atoms with E-state index in [-0.39, 0.29) is 24.3 Å². The number of nitrogens with one attached hydrogen (secondary N) is 2. The van der Waals surface area contributed by atoms with Crippen molar-refractivity contribution in [3.05, 3.63) is 71.8 Å². The predicted octanol–water partition coefficient (Wildman–Crippen LogP) is 3.63. The highest BCUT2D eigenvalue weighted by atomic mass is 16.2. The fraction of sp³-hybridized carbons (Fsp3) is 0.364. The molecule has 0 bridgehead atoms. The van der Waals surface area contributed by atoms with Crippen LogP contribution in [0.1, 0.15) is 49.7 Å². The molecule has 0 unspecified atom stereocenters. The van der Waals surface area contributed by atoms with Gasteiger partial charge in [-0.2, -0.15) is 0 Å². The Kier molecular flexibility index (Phi) is 8.40. The highest BCUT2D eigenvalue weighted by Crippen LogP contribution is 2.27. The number of benzene rings is 2. The van der Waals surface area contributed by atoms with E-state index >= 15 is 0 Å². The third kappa shape index (κ3) is 6.71. The van der Waals surface area contributed by atoms with Crippen LogP contribution in [-0.4, -0.2) is 24.9 Å². The van der Waals surface area contributed by atoms with Crippen molar-refractivity contribution in [2.24, 2.45) is 0 Å². The molecule has 2 aromatic rings. The molecule has 0 aliphatic rings. The molecule has 4 heteroatoms. The van der Waals surface area contributed by atoms with Gasteiger partial charge in [0.05, 0.1) is 6.54 Å². The van der Waals surface area contributed by atoms with Gasteiger partial charge in [0.25, 0.3) is 0 Å². The monoisotopic (exact) mass is 352 g/mol. The number of amides is 2. The number of unbranched alkanes of at least 4 members (excludes halogenated alkanes) is 2. The zero-order valence-corrected chi connectivity index (χ0v) is 15.4. The SMILES string of the molecule is CCCCCNC(=O)CNC(=O)CC(c1ccccc1)c1ccccc1. The van der Waals surface area contributed by atoms with Crippen LogP contribution in [0.4, 0.5) is 0 Å². The second kappa shape index (κ2) is 11.1. The molecule has 0 spiro atoms. The molecule has 26 heavy (non-hydrogen) atoms. The highest BCUT2D eigenvalue weighted by molar-refractivity contribution is 5.85. The summed E-state index contributed by atoms with van der Waals surface area (Å²) in [6.07, 6.45) is 3.51. The smallest absolute Gasteiger partial charge is 0.239 e. The van der Waals surface area contributed by atoms with Crippen LogP contribution in [0.15, 0.2) is 60.7 Å². The third-order valence-corrected chi connectivity index (χ3v) is 4.34. The first-order valence-corrected chi connectivity index (χ1v) is 9.34. The first-order valence-electron chi connectivity index (χ1n) is 9.34. The molecule has 2 amide bonds. The summed E-state index contributed by atoms with van der Waals surface area (Å²) in [7, 11) is 0. The molecule has 0 atom stereocenters. The van der Waals surface area contributed by atoms with Crippen LogP contribution in [0.2, 0.25) is 0 Å². The number of hydrogen-bond acceptors (Lipinski definition) is 2. The Bertz CT molecular complexity index is 632. The van der Waals surface area contributed by atoms with Crippen LogP contribution in [0, 0.1) is 0 Å². The third-order valence-electron chi connectivity index (χ3n) is 4.34. The van der Waals surface area contributed by atoms with E-state index in [1.165, 1.54) is 0 Å². The van der Waals surface area contributed by atoms with Crippen LogP contribution >= 0.6 is 0 Å². The highest BCUT2D eigenvalue weighted by Gasteiger charge is 2.18. The Morgan fingerprint density at radius 2 is 1.38 bits per heavy atom. The second-order valence-corrected chi connectivity index (χ2v) is 6.41. The predicted molar refractivity (Wildman–Crippen MR) is 105 cm³/mol. The first-order chi connectivity index (χ1) is 12.7. The van der Waals surface area contributed by atoms with Gasteiger partial charge in [-0.1, -0.05) is 80.4 Å². The lowest BCUT2D eigenvalue weighted by Crippen LogP contribution is -2.37. The Balaban J connectivity index is 1.90. The molecular formula is C22H28N2O2. The summed E-state index contributed by atoms with van der Waals surface area (Å²) < 4.78 is 0. The van der Waals surface area contributed by atoms with E-state index in [2.05, 4.69) is 17.6 Å². The van der Waals surface area contributed by atoms with Crippen LogP contribution in [0.5, 0.6) is 0 Å². The van der Waals surface area contributed by atoms with Crippen molar-refractivity contribution < 1.29 is 9.59 Å². The number of hydrogen-bond donors (Lipinski definition) is 2. The van der Waals surface area contributed by atoms with E-state index in [0.29, 0.717) is 13.0 Å². The molecule has 0 saturated carbocycles. The molecule has 4 nitrogen and oxygen atoms in total. The van der Waals surface area contributed by atoms with E-state index in [4.69, 9.17) is 0 Å². The standard InChI is InChI=1S/C22H28N2O2/c1-2-3-10-15-23-22(26)17-24-21(25)16-20(18-11-6-4-7-12-18)19-13-8-5-9-14-19/h4-9,11-14,20H,2-3,10,15-17H2,1H3,(H,23,26)(H,24,25). The van der Waals surface area contributed by atoms with Crippen molar-refractivity contribution in [1.29, 1.82) is 0 Å². The van der Waals surface area contributed by atoms with Gasteiger partial charge in [-0.25, -0.2) is 0 Å². The quantitative estimate of drug-likeness (QED) is 0.642. The molecule has 0 aliphatic carbocycles. The molecule has 0 heterocycles. The second-order valence-electron chi connectivity index (χ2n) is 6.41. The maximum absolute atomic E-state index is 12.4. The Morgan fingerprint density at radius 1 is 0.808 bits per heavy atom. The molecule has 2 rings (SSSR count). The summed E-state index contributed by atoms with van der Waals surface area (Å²) in [5.74, 6) is -0.276. The summed E-state index contributed by atoms with van der Waals surface area (Å²) in [6, 6.07) is 20.0. The molecule has 0 radical (unpaired) electrons. The summed E-state index contributed by atoms with van der Waals surface area (Å²) in [5, 5.41) is 5.58. The Hall–Kier alpha value is -2.62. The van der Waals surface area contributed by atoms with Gasteiger partial charge in [-0.05, 0) is 17.5 Å². The maximum atomic E-state index is 12.4. The van der Waals surface area contributed by atoms with Gasteiger partial charge in [-0.15, -0.1) is 0 Å². The molecular weight excluding hydrogens is 324 g/mol. The molecule has 0 saturated heterocycles. The van der Waals surface area contributed by atoms with Crippen LogP contribution < -0.4 is 10.6 Å². The first kappa shape index (κ1) is 19.7. The fourth-order valence-electron chi connectivity index (χ4n) is 2.90. The number of carbonyl (C=O) groups is 2. The van der Waals surface area contributed by atoms with Crippen molar-refractivity contribution in [3.8, 4) is 0 Å². The lowest BCUT2D eigenvalue weighted by atomic mass is 9.88. The summed E-state index contributed by atoms with van der Waals surface area (Å²) >= 11 is 0. The van der Waals surface area contributed by atoms with Gasteiger partial charge in [0, 0.05) is 18.9 Å². The van der Waals surface area contributed by atoms with Crippen molar-refractivity contribution in [3.63, 3.8) is 0 Å². The van der Waals surface area contributed by atoms with Crippen molar-refractivity contribution in [2.45, 2.75) is 38.5 Å². The Labute approximate surface area is 156 Å². The van der Waals surface area contributed by atoms with Crippen LogP contribution in [0.25, 0.3) is 0 Å². The Morgan fingerprint density at radius 3 is 1.92 bits per heavy atom. The van der Waals surface area contributed by atoms with E-state index in [1.54, 1.807) is 0 Å². The minimum atomic E-state index is -0.134. The summed E-state index contributed by atoms with van der Waals surface area (Å²) in [4.78, 5) is 24.2. The maximum Gasteiger partial charge on any atom is 0.239 e. The topological polar surface area (TPSA) is 58.2 Å². The molecule has 2 aromatic carbocycles. The fourth-order valence-corrected chi connectivity index (χ4v) is 2.90. The van der Waals surface area contributed by atoms with Gasteiger partial charge in [0.15, 0.2) is 0 Å². The molecule has 0 aromatic heterocycles. The summed E-state index contributed by atoms with van der Waals surface area (Å²) in [5.41, 5.74) is 2.19. The van der Waals surface area contributed by atoms with Gasteiger partial charge >= 0.3 is 0 Å². The normalized spacial score (nSPS) is 10.5. The minimum absolute atomic E-state index is 0.0231. The zero-order valence-electron chi connectivity index (χ0n) is 15.4. The van der Waals surface area contributed by atoms with Crippen molar-refractivity contribution in [1.82, 2.24) is 10.6 Å². The molecule has 0 aliphatic heterocycles. The minimum Gasteiger partial charge on any atom is -0.355 e. The van der Waals surface area contributed by atoms with Crippen LogP contribution in [-0.2, 0) is 9.59 Å². The molecule has 138 valence electrons. The lowest BCUT2D eigenvalue weighted by Gasteiger charge is -2.18. The van der Waals surface area contributed by atoms with Crippen LogP contribution in [0.3, 0.4) is 0 Å². The van der Waals surface area contributed by atoms with Crippen molar-refractivity contribution in [2.75, 3.05) is 13.1 Å². The average Bonchev–Trinajstić information content (AvgIpc) is 2.69. The van der Waals surface area contributed by atoms with Gasteiger partial charge < -0.3 is 10.6 Å². The average molecular weight is 352 g/mol. The van der Waals surface area contributed by atoms with E-state index in [0.717, 1.165) is 30.4 Å².